The molecule has 0 aromatic heterocycles. The van der Waals surface area contributed by atoms with Gasteiger partial charge in [-0.3, -0.25) is 9.69 Å². The van der Waals surface area contributed by atoms with Crippen molar-refractivity contribution in [3.8, 4) is 11.1 Å². The first-order valence-corrected chi connectivity index (χ1v) is 14.8. The molecule has 2 aromatic carbocycles. The van der Waals surface area contributed by atoms with Crippen molar-refractivity contribution in [3.63, 3.8) is 0 Å². The summed E-state index contributed by atoms with van der Waals surface area (Å²) in [6, 6.07) is 12.9. The van der Waals surface area contributed by atoms with E-state index in [4.69, 9.17) is 0 Å². The first-order valence-electron chi connectivity index (χ1n) is 12.7. The van der Waals surface area contributed by atoms with Gasteiger partial charge in [0.25, 0.3) is 5.91 Å². The van der Waals surface area contributed by atoms with Crippen molar-refractivity contribution in [2.75, 3.05) is 18.6 Å². The van der Waals surface area contributed by atoms with E-state index in [0.29, 0.717) is 11.6 Å². The highest BCUT2D eigenvalue weighted by Crippen LogP contribution is 2.38. The maximum absolute atomic E-state index is 13.3. The Hall–Kier alpha value is -2.71. The predicted molar refractivity (Wildman–Crippen MR) is 141 cm³/mol. The van der Waals surface area contributed by atoms with E-state index in [9.17, 15) is 23.1 Å². The van der Waals surface area contributed by atoms with Gasteiger partial charge in [-0.1, -0.05) is 43.2 Å². The van der Waals surface area contributed by atoms with Crippen LogP contribution in [0.3, 0.4) is 0 Å². The molecule has 8 heteroatoms. The molecule has 2 atom stereocenters. The van der Waals surface area contributed by atoms with Crippen LogP contribution in [0, 0.1) is 12.8 Å². The van der Waals surface area contributed by atoms with Gasteiger partial charge in [0.1, 0.15) is 15.9 Å². The molecule has 0 radical (unpaired) electrons. The molecule has 2 aliphatic rings. The van der Waals surface area contributed by atoms with Crippen molar-refractivity contribution in [3.05, 3.63) is 59.2 Å². The van der Waals surface area contributed by atoms with Crippen LogP contribution in [0.15, 0.2) is 42.5 Å². The fourth-order valence-electron chi connectivity index (χ4n) is 5.15. The highest BCUT2D eigenvalue weighted by Gasteiger charge is 2.32. The molecule has 4 rings (SSSR count). The third kappa shape index (κ3) is 6.95. The van der Waals surface area contributed by atoms with Gasteiger partial charge in [-0.25, -0.2) is 13.2 Å². The Labute approximate surface area is 213 Å². The topological polar surface area (TPSA) is 104 Å². The van der Waals surface area contributed by atoms with E-state index < -0.39 is 27.8 Å². The van der Waals surface area contributed by atoms with E-state index in [1.807, 2.05) is 37.3 Å². The van der Waals surface area contributed by atoms with Crippen molar-refractivity contribution < 1.29 is 23.1 Å². The van der Waals surface area contributed by atoms with Gasteiger partial charge in [-0.05, 0) is 79.5 Å². The predicted octanol–water partition coefficient (Wildman–Crippen LogP) is 4.04. The fraction of sp³-hybridized carbons (Fsp3) is 0.500. The molecular weight excluding hydrogens is 476 g/mol. The van der Waals surface area contributed by atoms with Gasteiger partial charge in [0.15, 0.2) is 0 Å². The Morgan fingerprint density at radius 2 is 1.86 bits per heavy atom. The second kappa shape index (κ2) is 11.1. The Bertz CT molecular complexity index is 1220. The zero-order chi connectivity index (χ0) is 25.9. The lowest BCUT2D eigenvalue weighted by Crippen LogP contribution is -2.42. The number of likely N-dealkylation sites (tertiary alicyclic amines) is 1. The molecule has 2 unspecified atom stereocenters. The summed E-state index contributed by atoms with van der Waals surface area (Å²) >= 11 is 0. The van der Waals surface area contributed by atoms with E-state index in [1.165, 1.54) is 32.1 Å². The second-order valence-electron chi connectivity index (χ2n) is 10.4. The standard InChI is InChI=1S/C28H36N2O5S/c1-19-6-3-4-8-23(19)25-17-21(18-30-14-5-7-22(30)16-20-9-10-20)11-12-24(25)27(31)29-26(28(32)33)13-15-36(2,34)35/h3-4,6,8,11-12,17,20,22,26H,5,7,9-10,13-16,18H2,1-2H3,(H,29,31)(H,32,33). The average molecular weight is 513 g/mol. The van der Waals surface area contributed by atoms with Crippen LogP contribution in [0.4, 0.5) is 0 Å². The van der Waals surface area contributed by atoms with Gasteiger partial charge in [0.05, 0.1) is 5.75 Å². The maximum Gasteiger partial charge on any atom is 0.326 e. The van der Waals surface area contributed by atoms with Gasteiger partial charge in [-0.2, -0.15) is 0 Å². The Balaban J connectivity index is 1.60. The molecule has 0 spiro atoms. The van der Waals surface area contributed by atoms with Gasteiger partial charge < -0.3 is 10.4 Å². The number of carboxylic acid groups (broad SMARTS) is 1. The number of nitrogens with one attached hydrogen (secondary N) is 1. The average Bonchev–Trinajstić information content (AvgIpc) is 3.54. The first-order chi connectivity index (χ1) is 17.1. The first kappa shape index (κ1) is 26.4. The van der Waals surface area contributed by atoms with Crippen molar-refractivity contribution in [2.24, 2.45) is 5.92 Å². The number of nitrogens with zero attached hydrogens (tertiary/aromatic N) is 1. The van der Waals surface area contributed by atoms with Crippen LogP contribution in [0.2, 0.25) is 0 Å². The normalized spacial score (nSPS) is 19.2. The maximum atomic E-state index is 13.3. The molecule has 1 saturated heterocycles. The van der Waals surface area contributed by atoms with Crippen LogP contribution in [-0.4, -0.2) is 60.9 Å². The number of carbonyl (C=O) groups excluding carboxylic acids is 1. The van der Waals surface area contributed by atoms with E-state index in [2.05, 4.69) is 16.3 Å². The summed E-state index contributed by atoms with van der Waals surface area (Å²) in [5.41, 5.74) is 4.20. The zero-order valence-electron chi connectivity index (χ0n) is 21.1. The smallest absolute Gasteiger partial charge is 0.326 e. The summed E-state index contributed by atoms with van der Waals surface area (Å²) in [5.74, 6) is -1.20. The van der Waals surface area contributed by atoms with E-state index in [0.717, 1.165) is 47.5 Å². The molecule has 1 amide bonds. The van der Waals surface area contributed by atoms with Gasteiger partial charge in [-0.15, -0.1) is 0 Å². The third-order valence-corrected chi connectivity index (χ3v) is 8.31. The highest BCUT2D eigenvalue weighted by atomic mass is 32.2. The molecule has 2 fully saturated rings. The summed E-state index contributed by atoms with van der Waals surface area (Å²) in [6.45, 7) is 3.90. The molecule has 1 saturated carbocycles. The fourth-order valence-corrected chi connectivity index (χ4v) is 5.82. The summed E-state index contributed by atoms with van der Waals surface area (Å²) < 4.78 is 23.1. The van der Waals surface area contributed by atoms with Crippen molar-refractivity contribution in [1.29, 1.82) is 0 Å². The van der Waals surface area contributed by atoms with Crippen LogP contribution in [0.5, 0.6) is 0 Å². The molecule has 0 bridgehead atoms. The Morgan fingerprint density at radius 3 is 2.53 bits per heavy atom. The summed E-state index contributed by atoms with van der Waals surface area (Å²) in [4.78, 5) is 27.6. The van der Waals surface area contributed by atoms with E-state index in [1.54, 1.807) is 6.07 Å². The third-order valence-electron chi connectivity index (χ3n) is 7.33. The number of rotatable bonds is 11. The monoisotopic (exact) mass is 512 g/mol. The number of hydrogen-bond acceptors (Lipinski definition) is 5. The molecule has 2 aromatic rings. The van der Waals surface area contributed by atoms with Crippen LogP contribution in [0.1, 0.15) is 60.0 Å². The SMILES string of the molecule is Cc1ccccc1-c1cc(CN2CCCC2CC2CC2)ccc1C(=O)NC(CCS(C)(=O)=O)C(=O)O. The number of carboxylic acids is 1. The lowest BCUT2D eigenvalue weighted by molar-refractivity contribution is -0.139. The number of aliphatic carboxylic acids is 1. The lowest BCUT2D eigenvalue weighted by atomic mass is 9.93. The number of aryl methyl sites for hydroxylation is 1. The van der Waals surface area contributed by atoms with Gasteiger partial charge >= 0.3 is 5.97 Å². The quantitative estimate of drug-likeness (QED) is 0.471. The molecule has 36 heavy (non-hydrogen) atoms. The molecule has 7 nitrogen and oxygen atoms in total. The number of hydrogen-bond donors (Lipinski definition) is 2. The van der Waals surface area contributed by atoms with E-state index >= 15 is 0 Å². The Morgan fingerprint density at radius 1 is 1.11 bits per heavy atom. The van der Waals surface area contributed by atoms with E-state index in [-0.39, 0.29) is 12.2 Å². The largest absolute Gasteiger partial charge is 0.480 e. The Kier molecular flexibility index (Phi) is 8.15. The number of amides is 1. The van der Waals surface area contributed by atoms with Crippen molar-refractivity contribution in [1.82, 2.24) is 10.2 Å². The van der Waals surface area contributed by atoms with Crippen LogP contribution in [-0.2, 0) is 21.2 Å². The molecule has 1 aliphatic heterocycles. The summed E-state index contributed by atoms with van der Waals surface area (Å²) in [6.07, 6.45) is 7.31. The van der Waals surface area contributed by atoms with Gasteiger partial charge in [0.2, 0.25) is 0 Å². The molecular formula is C28H36N2O5S. The minimum absolute atomic E-state index is 0.185. The summed E-state index contributed by atoms with van der Waals surface area (Å²) in [7, 11) is -3.35. The van der Waals surface area contributed by atoms with Crippen molar-refractivity contribution in [2.45, 2.75) is 64.1 Å². The zero-order valence-corrected chi connectivity index (χ0v) is 21.9. The lowest BCUT2D eigenvalue weighted by Gasteiger charge is -2.25. The molecule has 1 aliphatic carbocycles. The van der Waals surface area contributed by atoms with Gasteiger partial charge in [0, 0.05) is 24.4 Å². The molecule has 2 N–H and O–H groups in total. The molecule has 1 heterocycles. The van der Waals surface area contributed by atoms with Crippen LogP contribution in [0.25, 0.3) is 11.1 Å². The highest BCUT2D eigenvalue weighted by molar-refractivity contribution is 7.90. The minimum atomic E-state index is -3.35. The minimum Gasteiger partial charge on any atom is -0.480 e. The number of benzene rings is 2. The van der Waals surface area contributed by atoms with Crippen LogP contribution >= 0.6 is 0 Å². The van der Waals surface area contributed by atoms with Crippen LogP contribution < -0.4 is 5.32 Å². The molecule has 194 valence electrons. The second-order valence-corrected chi connectivity index (χ2v) is 12.7. The number of carbonyl (C=O) groups is 2. The number of sulfone groups is 1. The summed E-state index contributed by atoms with van der Waals surface area (Å²) in [5, 5.41) is 12.1. The van der Waals surface area contributed by atoms with Crippen molar-refractivity contribution >= 4 is 21.7 Å².